The molecule has 1 fully saturated rings. The van der Waals surface area contributed by atoms with Crippen LogP contribution in [0, 0.1) is 20.8 Å². The monoisotopic (exact) mass is 484 g/mol. The minimum atomic E-state index is -0.207. The number of likely N-dealkylation sites (N-methyl/N-ethyl adjacent to an activating group) is 1. The molecule has 0 unspecified atom stereocenters. The highest BCUT2D eigenvalue weighted by molar-refractivity contribution is 6.08. The van der Waals surface area contributed by atoms with Gasteiger partial charge in [-0.15, -0.1) is 0 Å². The fourth-order valence-electron chi connectivity index (χ4n) is 4.71. The van der Waals surface area contributed by atoms with Crippen LogP contribution >= 0.6 is 0 Å². The van der Waals surface area contributed by atoms with Gasteiger partial charge in [0.2, 0.25) is 0 Å². The smallest absolute Gasteiger partial charge is 0.259 e. The van der Waals surface area contributed by atoms with E-state index < -0.39 is 0 Å². The standard InChI is InChI=1S/C29H32N4O3/c1-19-15-24(9-10-27(19)33-13-11-32(4)12-14-33)30-29(34)25-16-22-7-5-6-8-23(22)17-28(25)35-18-26-20(2)31-36-21(26)3/h5-10,15-17H,11-14,18H2,1-4H3,(H,30,34). The number of hydrogen-bond acceptors (Lipinski definition) is 6. The Morgan fingerprint density at radius 3 is 2.39 bits per heavy atom. The van der Waals surface area contributed by atoms with Crippen molar-refractivity contribution in [3.63, 3.8) is 0 Å². The Bertz CT molecular complexity index is 1380. The molecule has 0 radical (unpaired) electrons. The Morgan fingerprint density at radius 2 is 1.72 bits per heavy atom. The van der Waals surface area contributed by atoms with Gasteiger partial charge in [-0.25, -0.2) is 0 Å². The first kappa shape index (κ1) is 23.9. The molecule has 2 heterocycles. The molecule has 186 valence electrons. The summed E-state index contributed by atoms with van der Waals surface area (Å²) in [4.78, 5) is 18.2. The van der Waals surface area contributed by atoms with E-state index in [1.165, 1.54) is 5.69 Å². The van der Waals surface area contributed by atoms with Crippen LogP contribution in [0.5, 0.6) is 5.75 Å². The molecule has 3 aromatic carbocycles. The molecule has 4 aromatic rings. The second-order valence-corrected chi connectivity index (χ2v) is 9.53. The van der Waals surface area contributed by atoms with Crippen LogP contribution < -0.4 is 15.0 Å². The summed E-state index contributed by atoms with van der Waals surface area (Å²) in [5.74, 6) is 1.04. The zero-order valence-corrected chi connectivity index (χ0v) is 21.3. The maximum atomic E-state index is 13.5. The van der Waals surface area contributed by atoms with Crippen molar-refractivity contribution >= 4 is 28.1 Å². The van der Waals surface area contributed by atoms with Gasteiger partial charge in [0, 0.05) is 37.6 Å². The third-order valence-electron chi connectivity index (χ3n) is 6.94. The number of carbonyl (C=O) groups is 1. The molecule has 5 rings (SSSR count). The zero-order chi connectivity index (χ0) is 25.2. The van der Waals surface area contributed by atoms with Gasteiger partial charge in [-0.3, -0.25) is 4.79 Å². The van der Waals surface area contributed by atoms with E-state index in [9.17, 15) is 4.79 Å². The van der Waals surface area contributed by atoms with E-state index in [-0.39, 0.29) is 12.5 Å². The van der Waals surface area contributed by atoms with E-state index in [2.05, 4.69) is 40.3 Å². The highest BCUT2D eigenvalue weighted by Crippen LogP contribution is 2.30. The van der Waals surface area contributed by atoms with Crippen molar-refractivity contribution in [1.29, 1.82) is 0 Å². The summed E-state index contributed by atoms with van der Waals surface area (Å²) in [7, 11) is 2.15. The minimum absolute atomic E-state index is 0.207. The predicted molar refractivity (Wildman–Crippen MR) is 143 cm³/mol. The van der Waals surface area contributed by atoms with E-state index in [1.807, 2.05) is 62.4 Å². The summed E-state index contributed by atoms with van der Waals surface area (Å²) >= 11 is 0. The number of anilines is 2. The van der Waals surface area contributed by atoms with Crippen molar-refractivity contribution < 1.29 is 14.1 Å². The van der Waals surface area contributed by atoms with E-state index in [1.54, 1.807) is 0 Å². The van der Waals surface area contributed by atoms with Gasteiger partial charge in [-0.05, 0) is 74.5 Å². The van der Waals surface area contributed by atoms with Crippen LogP contribution in [0.25, 0.3) is 10.8 Å². The number of benzene rings is 3. The molecule has 1 aromatic heterocycles. The number of amides is 1. The van der Waals surface area contributed by atoms with Crippen LogP contribution in [-0.4, -0.2) is 49.2 Å². The highest BCUT2D eigenvalue weighted by Gasteiger charge is 2.19. The van der Waals surface area contributed by atoms with Crippen molar-refractivity contribution in [2.24, 2.45) is 0 Å². The number of piperazine rings is 1. The van der Waals surface area contributed by atoms with Crippen LogP contribution in [-0.2, 0) is 6.61 Å². The fraction of sp³-hybridized carbons (Fsp3) is 0.310. The Balaban J connectivity index is 1.39. The number of nitrogens with zero attached hydrogens (tertiary/aromatic N) is 3. The van der Waals surface area contributed by atoms with Gasteiger partial charge in [0.05, 0.1) is 16.8 Å². The van der Waals surface area contributed by atoms with Gasteiger partial charge in [0.15, 0.2) is 0 Å². The Labute approximate surface area is 211 Å². The van der Waals surface area contributed by atoms with Crippen molar-refractivity contribution in [1.82, 2.24) is 10.1 Å². The van der Waals surface area contributed by atoms with Crippen molar-refractivity contribution in [3.05, 3.63) is 82.7 Å². The maximum absolute atomic E-state index is 13.5. The third-order valence-corrected chi connectivity index (χ3v) is 6.94. The topological polar surface area (TPSA) is 70.8 Å². The molecule has 0 bridgehead atoms. The number of carbonyl (C=O) groups excluding carboxylic acids is 1. The van der Waals surface area contributed by atoms with Crippen LogP contribution in [0.3, 0.4) is 0 Å². The molecule has 1 N–H and O–H groups in total. The van der Waals surface area contributed by atoms with Crippen LogP contribution in [0.15, 0.2) is 59.1 Å². The number of aromatic nitrogens is 1. The summed E-state index contributed by atoms with van der Waals surface area (Å²) in [6, 6.07) is 17.9. The number of nitrogens with one attached hydrogen (secondary N) is 1. The van der Waals surface area contributed by atoms with Gasteiger partial charge >= 0.3 is 0 Å². The lowest BCUT2D eigenvalue weighted by molar-refractivity contribution is 0.102. The molecule has 7 heteroatoms. The largest absolute Gasteiger partial charge is 0.488 e. The number of ether oxygens (including phenoxy) is 1. The molecule has 36 heavy (non-hydrogen) atoms. The van der Waals surface area contributed by atoms with E-state index in [0.717, 1.165) is 65.2 Å². The lowest BCUT2D eigenvalue weighted by Gasteiger charge is -2.35. The lowest BCUT2D eigenvalue weighted by atomic mass is 10.0. The van der Waals surface area contributed by atoms with E-state index >= 15 is 0 Å². The number of aryl methyl sites for hydroxylation is 3. The van der Waals surface area contributed by atoms with Crippen LogP contribution in [0.4, 0.5) is 11.4 Å². The molecule has 1 saturated heterocycles. The van der Waals surface area contributed by atoms with Crippen molar-refractivity contribution in [3.8, 4) is 5.75 Å². The van der Waals surface area contributed by atoms with Crippen molar-refractivity contribution in [2.75, 3.05) is 43.4 Å². The third kappa shape index (κ3) is 4.93. The summed E-state index contributed by atoms with van der Waals surface area (Å²) in [5.41, 5.74) is 5.29. The lowest BCUT2D eigenvalue weighted by Crippen LogP contribution is -2.44. The summed E-state index contributed by atoms with van der Waals surface area (Å²) in [6.07, 6.45) is 0. The van der Waals surface area contributed by atoms with Gasteiger partial charge in [-0.2, -0.15) is 0 Å². The minimum Gasteiger partial charge on any atom is -0.488 e. The first-order valence-electron chi connectivity index (χ1n) is 12.3. The average molecular weight is 485 g/mol. The quantitative estimate of drug-likeness (QED) is 0.399. The molecule has 0 aliphatic carbocycles. The second kappa shape index (κ2) is 10.0. The fourth-order valence-corrected chi connectivity index (χ4v) is 4.71. The molecular weight excluding hydrogens is 452 g/mol. The van der Waals surface area contributed by atoms with Gasteiger partial charge in [0.25, 0.3) is 5.91 Å². The first-order valence-corrected chi connectivity index (χ1v) is 12.3. The predicted octanol–water partition coefficient (Wildman–Crippen LogP) is 5.34. The SMILES string of the molecule is Cc1cc(NC(=O)c2cc3ccccc3cc2OCc2c(C)noc2C)ccc1N1CCN(C)CC1. The second-order valence-electron chi connectivity index (χ2n) is 9.53. The van der Waals surface area contributed by atoms with Gasteiger partial charge in [0.1, 0.15) is 18.1 Å². The van der Waals surface area contributed by atoms with Crippen LogP contribution in [0.2, 0.25) is 0 Å². The molecule has 1 aliphatic heterocycles. The number of rotatable bonds is 6. The summed E-state index contributed by atoms with van der Waals surface area (Å²) in [6.45, 7) is 10.2. The van der Waals surface area contributed by atoms with E-state index in [0.29, 0.717) is 11.3 Å². The molecule has 0 saturated carbocycles. The summed E-state index contributed by atoms with van der Waals surface area (Å²) < 4.78 is 11.4. The number of fused-ring (bicyclic) bond motifs is 1. The Morgan fingerprint density at radius 1 is 1.00 bits per heavy atom. The molecular formula is C29H32N4O3. The molecule has 0 spiro atoms. The van der Waals surface area contributed by atoms with Gasteiger partial charge in [-0.1, -0.05) is 29.4 Å². The molecule has 1 aliphatic rings. The normalized spacial score (nSPS) is 14.3. The van der Waals surface area contributed by atoms with E-state index in [4.69, 9.17) is 9.26 Å². The molecule has 0 atom stereocenters. The number of hydrogen-bond donors (Lipinski definition) is 1. The maximum Gasteiger partial charge on any atom is 0.259 e. The average Bonchev–Trinajstić information content (AvgIpc) is 3.19. The zero-order valence-electron chi connectivity index (χ0n) is 21.3. The summed E-state index contributed by atoms with van der Waals surface area (Å²) in [5, 5.41) is 9.08. The van der Waals surface area contributed by atoms with Crippen molar-refractivity contribution in [2.45, 2.75) is 27.4 Å². The van der Waals surface area contributed by atoms with Gasteiger partial charge < -0.3 is 24.4 Å². The Hall–Kier alpha value is -3.84. The molecule has 1 amide bonds. The Kier molecular flexibility index (Phi) is 6.65. The highest BCUT2D eigenvalue weighted by atomic mass is 16.5. The van der Waals surface area contributed by atoms with Crippen LogP contribution in [0.1, 0.15) is 32.9 Å². The molecule has 7 nitrogen and oxygen atoms in total. The first-order chi connectivity index (χ1) is 17.4.